The average molecular weight is 320 g/mol. The van der Waals surface area contributed by atoms with Gasteiger partial charge in [-0.2, -0.15) is 8.78 Å². The number of halogens is 3. The van der Waals surface area contributed by atoms with Gasteiger partial charge in [-0.05, 0) is 25.0 Å². The molecule has 0 saturated heterocycles. The van der Waals surface area contributed by atoms with Crippen molar-refractivity contribution < 1.29 is 18.3 Å². The largest absolute Gasteiger partial charge is 0.459 e. The van der Waals surface area contributed by atoms with E-state index in [2.05, 4.69) is 26.0 Å². The van der Waals surface area contributed by atoms with E-state index in [-0.39, 0.29) is 17.1 Å². The van der Waals surface area contributed by atoms with Crippen molar-refractivity contribution in [3.63, 3.8) is 0 Å². The molecule has 98 valence electrons. The second kappa shape index (κ2) is 4.50. The highest BCUT2D eigenvalue weighted by Gasteiger charge is 2.44. The van der Waals surface area contributed by atoms with Gasteiger partial charge in [0, 0.05) is 33.1 Å². The summed E-state index contributed by atoms with van der Waals surface area (Å²) in [6.07, 6.45) is 1.71. The quantitative estimate of drug-likeness (QED) is 0.858. The Balaban J connectivity index is 2.05. The van der Waals surface area contributed by atoms with Crippen LogP contribution in [0.4, 0.5) is 14.5 Å². The lowest BCUT2D eigenvalue weighted by Gasteiger charge is -2.13. The molecule has 3 nitrogen and oxygen atoms in total. The van der Waals surface area contributed by atoms with Crippen LogP contribution in [0.3, 0.4) is 0 Å². The minimum Gasteiger partial charge on any atom is -0.424 e. The molecule has 1 amide bonds. The van der Waals surface area contributed by atoms with Crippen molar-refractivity contribution in [2.45, 2.75) is 24.8 Å². The fourth-order valence-electron chi connectivity index (χ4n) is 1.47. The van der Waals surface area contributed by atoms with Crippen LogP contribution in [-0.2, 0) is 4.79 Å². The predicted molar refractivity (Wildman–Crippen MR) is 66.9 cm³/mol. The summed E-state index contributed by atoms with van der Waals surface area (Å²) in [5.74, 6) is -0.110. The predicted octanol–water partition coefficient (Wildman–Crippen LogP) is 3.75. The Kier molecular flexibility index (Phi) is 3.31. The lowest BCUT2D eigenvalue weighted by Crippen LogP contribution is -2.21. The van der Waals surface area contributed by atoms with E-state index in [9.17, 15) is 13.6 Å². The Bertz CT molecular complexity index is 469. The Morgan fingerprint density at radius 3 is 2.72 bits per heavy atom. The number of benzene rings is 1. The molecule has 0 unspecified atom stereocenters. The highest BCUT2D eigenvalue weighted by atomic mass is 79.9. The first-order chi connectivity index (χ1) is 8.28. The van der Waals surface area contributed by atoms with Crippen LogP contribution in [0.25, 0.3) is 0 Å². The van der Waals surface area contributed by atoms with Gasteiger partial charge in [-0.25, -0.2) is 0 Å². The monoisotopic (exact) mass is 319 g/mol. The minimum absolute atomic E-state index is 0.0179. The van der Waals surface area contributed by atoms with Crippen LogP contribution in [0.1, 0.15) is 19.8 Å². The summed E-state index contributed by atoms with van der Waals surface area (Å²) in [4.78, 5) is 11.8. The van der Waals surface area contributed by atoms with Crippen molar-refractivity contribution in [3.05, 3.63) is 24.3 Å². The Morgan fingerprint density at radius 1 is 1.50 bits per heavy atom. The van der Waals surface area contributed by atoms with Gasteiger partial charge < -0.3 is 10.1 Å². The van der Waals surface area contributed by atoms with E-state index in [4.69, 9.17) is 0 Å². The Morgan fingerprint density at radius 2 is 2.17 bits per heavy atom. The maximum absolute atomic E-state index is 12.6. The molecular weight excluding hydrogens is 308 g/mol. The number of nitrogens with one attached hydrogen (secondary N) is 1. The Hall–Kier alpha value is -1.17. The van der Waals surface area contributed by atoms with E-state index in [0.29, 0.717) is 5.69 Å². The molecule has 0 aliphatic heterocycles. The smallest absolute Gasteiger partial charge is 0.424 e. The van der Waals surface area contributed by atoms with E-state index < -0.39 is 5.02 Å². The number of hydrogen-bond acceptors (Lipinski definition) is 2. The summed E-state index contributed by atoms with van der Waals surface area (Å²) in [5.41, 5.74) is 0.137. The van der Waals surface area contributed by atoms with Crippen molar-refractivity contribution in [1.29, 1.82) is 0 Å². The molecule has 0 spiro atoms. The normalized spacial score (nSPS) is 17.1. The standard InChI is InChI=1S/C12H12BrF2NO2/c1-11(5-6-11)10(17)16-8-3-2-4-9(7-8)18-12(13,14)15/h2-4,7H,5-6H2,1H3,(H,16,17). The van der Waals surface area contributed by atoms with Gasteiger partial charge in [0.1, 0.15) is 5.75 Å². The lowest BCUT2D eigenvalue weighted by atomic mass is 10.1. The lowest BCUT2D eigenvalue weighted by molar-refractivity contribution is -0.120. The first-order valence-electron chi connectivity index (χ1n) is 5.46. The molecule has 0 atom stereocenters. The van der Waals surface area contributed by atoms with Gasteiger partial charge in [0.2, 0.25) is 5.91 Å². The molecule has 0 bridgehead atoms. The third-order valence-electron chi connectivity index (χ3n) is 2.87. The van der Waals surface area contributed by atoms with Gasteiger partial charge in [-0.15, -0.1) is 0 Å². The first-order valence-corrected chi connectivity index (χ1v) is 6.25. The van der Waals surface area contributed by atoms with Crippen LogP contribution in [0, 0.1) is 5.41 Å². The molecule has 0 heterocycles. The van der Waals surface area contributed by atoms with Crippen LogP contribution in [0.2, 0.25) is 0 Å². The minimum atomic E-state index is -3.42. The molecule has 1 fully saturated rings. The van der Waals surface area contributed by atoms with Gasteiger partial charge in [0.15, 0.2) is 0 Å². The molecule has 1 aliphatic rings. The number of anilines is 1. The number of carbonyl (C=O) groups excluding carboxylic acids is 1. The van der Waals surface area contributed by atoms with E-state index >= 15 is 0 Å². The molecule has 2 rings (SSSR count). The van der Waals surface area contributed by atoms with Gasteiger partial charge >= 0.3 is 5.02 Å². The highest BCUT2D eigenvalue weighted by molar-refractivity contribution is 9.09. The molecule has 1 saturated carbocycles. The highest BCUT2D eigenvalue weighted by Crippen LogP contribution is 2.45. The maximum atomic E-state index is 12.6. The molecule has 0 aromatic heterocycles. The molecule has 6 heteroatoms. The zero-order chi connectivity index (χ0) is 13.4. The maximum Gasteiger partial charge on any atom is 0.459 e. The molecule has 1 aromatic rings. The van der Waals surface area contributed by atoms with E-state index in [0.717, 1.165) is 12.8 Å². The zero-order valence-electron chi connectivity index (χ0n) is 9.67. The third-order valence-corrected chi connectivity index (χ3v) is 3.04. The van der Waals surface area contributed by atoms with Gasteiger partial charge in [-0.3, -0.25) is 4.79 Å². The van der Waals surface area contributed by atoms with E-state index in [1.807, 2.05) is 6.92 Å². The number of hydrogen-bond donors (Lipinski definition) is 1. The number of amides is 1. The summed E-state index contributed by atoms with van der Waals surface area (Å²) >= 11 is 2.09. The van der Waals surface area contributed by atoms with Crippen molar-refractivity contribution in [2.75, 3.05) is 5.32 Å². The summed E-state index contributed by atoms with van der Waals surface area (Å²) in [5, 5.41) is -0.727. The van der Waals surface area contributed by atoms with E-state index in [1.54, 1.807) is 12.1 Å². The molecule has 1 aliphatic carbocycles. The fourth-order valence-corrected chi connectivity index (χ4v) is 1.65. The number of ether oxygens (including phenoxy) is 1. The van der Waals surface area contributed by atoms with Crippen molar-refractivity contribution in [1.82, 2.24) is 0 Å². The van der Waals surface area contributed by atoms with Crippen LogP contribution in [0.15, 0.2) is 24.3 Å². The second-order valence-corrected chi connectivity index (χ2v) is 5.51. The van der Waals surface area contributed by atoms with Crippen LogP contribution < -0.4 is 10.1 Å². The van der Waals surface area contributed by atoms with Crippen molar-refractivity contribution in [2.24, 2.45) is 5.41 Å². The number of carbonyl (C=O) groups is 1. The van der Waals surface area contributed by atoms with Crippen molar-refractivity contribution in [3.8, 4) is 5.75 Å². The Labute approximate surface area is 112 Å². The van der Waals surface area contributed by atoms with Crippen LogP contribution in [0.5, 0.6) is 5.75 Å². The van der Waals surface area contributed by atoms with E-state index in [1.165, 1.54) is 12.1 Å². The molecule has 1 N–H and O–H groups in total. The third kappa shape index (κ3) is 3.41. The van der Waals surface area contributed by atoms with Crippen molar-refractivity contribution >= 4 is 27.5 Å². The number of rotatable bonds is 4. The summed E-state index contributed by atoms with van der Waals surface area (Å²) in [7, 11) is 0. The molecule has 0 radical (unpaired) electrons. The van der Waals surface area contributed by atoms with Gasteiger partial charge in [-0.1, -0.05) is 13.0 Å². The average Bonchev–Trinajstić information content (AvgIpc) is 2.95. The number of alkyl halides is 3. The van der Waals surface area contributed by atoms with Gasteiger partial charge in [0.25, 0.3) is 0 Å². The summed E-state index contributed by atoms with van der Waals surface area (Å²) < 4.78 is 29.6. The molecular formula is C12H12BrF2NO2. The summed E-state index contributed by atoms with van der Waals surface area (Å²) in [6.45, 7) is 1.87. The SMILES string of the molecule is CC1(C(=O)Nc2cccc(OC(F)(F)Br)c2)CC1. The second-order valence-electron chi connectivity index (χ2n) is 4.59. The summed E-state index contributed by atoms with van der Waals surface area (Å²) in [6, 6.07) is 5.92. The molecule has 18 heavy (non-hydrogen) atoms. The van der Waals surface area contributed by atoms with Crippen LogP contribution in [-0.4, -0.2) is 10.9 Å². The molecule has 1 aromatic carbocycles. The fraction of sp³-hybridized carbons (Fsp3) is 0.417. The topological polar surface area (TPSA) is 38.3 Å². The van der Waals surface area contributed by atoms with Gasteiger partial charge in [0.05, 0.1) is 0 Å². The first kappa shape index (κ1) is 13.3. The van der Waals surface area contributed by atoms with Crippen LogP contribution >= 0.6 is 15.9 Å². The zero-order valence-corrected chi connectivity index (χ0v) is 11.3.